The van der Waals surface area contributed by atoms with E-state index in [0.717, 1.165) is 88.7 Å². The second-order valence-electron chi connectivity index (χ2n) is 19.1. The Morgan fingerprint density at radius 2 is 0.766 bits per heavy atom. The van der Waals surface area contributed by atoms with Gasteiger partial charge in [-0.1, -0.05) is 225 Å². The summed E-state index contributed by atoms with van der Waals surface area (Å²) in [6.07, 6.45) is 14.4. The molecule has 0 unspecified atom stereocenters. The van der Waals surface area contributed by atoms with Crippen LogP contribution in [-0.4, -0.2) is 0 Å². The van der Waals surface area contributed by atoms with E-state index in [1.165, 1.54) is 32.3 Å². The van der Waals surface area contributed by atoms with Crippen LogP contribution in [0.2, 0.25) is 0 Å². The Morgan fingerprint density at radius 1 is 0.377 bits per heavy atom. The predicted molar refractivity (Wildman–Crippen MR) is 327 cm³/mol. The highest BCUT2D eigenvalue weighted by Crippen LogP contribution is 2.43. The Balaban J connectivity index is 0.820. The summed E-state index contributed by atoms with van der Waals surface area (Å²) in [6.45, 7) is 6.48. The molecule has 0 aliphatic heterocycles. The van der Waals surface area contributed by atoms with Crippen molar-refractivity contribution >= 4 is 111 Å². The quantitative estimate of drug-likeness (QED) is 0.0695. The van der Waals surface area contributed by atoms with E-state index in [0.29, 0.717) is 11.1 Å². The van der Waals surface area contributed by atoms with E-state index in [1.807, 2.05) is 54.6 Å². The lowest BCUT2D eigenvalue weighted by Crippen LogP contribution is -2.16. The van der Waals surface area contributed by atoms with Gasteiger partial charge in [0.15, 0.2) is 0 Å². The van der Waals surface area contributed by atoms with Gasteiger partial charge in [-0.3, -0.25) is 0 Å². The lowest BCUT2D eigenvalue weighted by atomic mass is 9.90. The first-order valence-electron chi connectivity index (χ1n) is 25.8. The minimum atomic E-state index is 0.538. The molecule has 12 rings (SSSR count). The van der Waals surface area contributed by atoms with Gasteiger partial charge in [-0.15, -0.1) is 0 Å². The smallest absolute Gasteiger partial charge is 0.100 e. The molecule has 0 atom stereocenters. The average Bonchev–Trinajstić information content (AvgIpc) is 3.54. The second kappa shape index (κ2) is 20.8. The maximum Gasteiger partial charge on any atom is 0.100 e. The molecule has 0 N–H and O–H groups in total. The van der Waals surface area contributed by atoms with Crippen molar-refractivity contribution < 1.29 is 0 Å². The minimum absolute atomic E-state index is 0.538. The number of benzene rings is 12. The van der Waals surface area contributed by atoms with Gasteiger partial charge in [-0.2, -0.15) is 10.5 Å². The summed E-state index contributed by atoms with van der Waals surface area (Å²) in [7, 11) is 0. The van der Waals surface area contributed by atoms with Gasteiger partial charge < -0.3 is 9.80 Å². The monoisotopic (exact) mass is 982 g/mol. The van der Waals surface area contributed by atoms with Crippen molar-refractivity contribution in [2.45, 2.75) is 6.92 Å². The number of anilines is 5. The number of nitrogens with zero attached hydrogens (tertiary/aromatic N) is 4. The molecule has 0 spiro atoms. The lowest BCUT2D eigenvalue weighted by Gasteiger charge is -2.29. The standard InChI is InChI=1S/C73H50N4/c1-3-58(76(70-28-12-20-54-16-4-8-24-60(54)70)71-29-13-21-55-17-5-9-25-61(55)71)41-33-50(2)32-34-52-39-44-64-66(46-52)68(48-74)65-45-40-53(47-67(65)69(64)49-75)36-35-51-37-42-59(43-38-51)77(72-30-14-22-56-18-6-10-26-62(56)72)73-31-15-23-57-19-7-11-27-63(57)73/h3-47H,2H2,1H3/b34-32?,36-35?,41-33-,58-3+. The number of fused-ring (bicyclic) bond motifs is 6. The number of hydrogen-bond donors (Lipinski definition) is 0. The maximum atomic E-state index is 10.7. The first-order valence-corrected chi connectivity index (χ1v) is 25.8. The fourth-order valence-electron chi connectivity index (χ4n) is 10.8. The Morgan fingerprint density at radius 3 is 1.22 bits per heavy atom. The van der Waals surface area contributed by atoms with Crippen molar-refractivity contribution in [2.24, 2.45) is 0 Å². The topological polar surface area (TPSA) is 54.1 Å². The molecule has 0 aliphatic rings. The van der Waals surface area contributed by atoms with Crippen LogP contribution in [0.4, 0.5) is 28.4 Å². The summed E-state index contributed by atoms with van der Waals surface area (Å²) < 4.78 is 0. The molecule has 0 amide bonds. The van der Waals surface area contributed by atoms with E-state index >= 15 is 0 Å². The highest BCUT2D eigenvalue weighted by Gasteiger charge is 2.20. The van der Waals surface area contributed by atoms with Gasteiger partial charge >= 0.3 is 0 Å². The van der Waals surface area contributed by atoms with E-state index in [-0.39, 0.29) is 0 Å². The molecule has 12 aromatic carbocycles. The molecule has 0 saturated carbocycles. The number of nitriles is 2. The fraction of sp³-hybridized carbons (Fsp3) is 0.0137. The van der Waals surface area contributed by atoms with Crippen molar-refractivity contribution in [2.75, 3.05) is 9.80 Å². The van der Waals surface area contributed by atoms with E-state index in [4.69, 9.17) is 0 Å². The van der Waals surface area contributed by atoms with E-state index in [2.05, 4.69) is 254 Å². The highest BCUT2D eigenvalue weighted by molar-refractivity contribution is 6.11. The van der Waals surface area contributed by atoms with Crippen LogP contribution < -0.4 is 9.80 Å². The van der Waals surface area contributed by atoms with Crippen LogP contribution in [0.25, 0.3) is 82.9 Å². The zero-order valence-corrected chi connectivity index (χ0v) is 42.5. The van der Waals surface area contributed by atoms with Gasteiger partial charge in [0, 0.05) is 54.5 Å². The van der Waals surface area contributed by atoms with Crippen LogP contribution in [-0.2, 0) is 0 Å². The molecule has 362 valence electrons. The Bertz CT molecular complexity index is 4340. The van der Waals surface area contributed by atoms with Gasteiger partial charge in [0.1, 0.15) is 12.1 Å². The molecule has 0 aromatic heterocycles. The van der Waals surface area contributed by atoms with Gasteiger partial charge in [0.05, 0.1) is 33.9 Å². The Hall–Kier alpha value is -10.5. The van der Waals surface area contributed by atoms with E-state index in [1.54, 1.807) is 0 Å². The molecule has 0 fully saturated rings. The molecular formula is C73H50N4. The summed E-state index contributed by atoms with van der Waals surface area (Å²) in [4.78, 5) is 4.68. The highest BCUT2D eigenvalue weighted by atomic mass is 15.2. The minimum Gasteiger partial charge on any atom is -0.310 e. The third kappa shape index (κ3) is 9.08. The molecule has 4 nitrogen and oxygen atoms in total. The summed E-state index contributed by atoms with van der Waals surface area (Å²) in [5, 5.41) is 33.8. The van der Waals surface area contributed by atoms with Crippen LogP contribution in [0, 0.1) is 22.7 Å². The summed E-state index contributed by atoms with van der Waals surface area (Å²) in [6, 6.07) is 85.5. The summed E-state index contributed by atoms with van der Waals surface area (Å²) >= 11 is 0. The third-order valence-corrected chi connectivity index (χ3v) is 14.5. The SMILES string of the molecule is C=C(C=Cc1ccc2c(C#N)c3cc(C=Cc4ccc(N(c5cccc6ccccc56)c5cccc6ccccc56)cc4)ccc3c(C#N)c2c1)/C=C\C(=C/C)N(c1cccc2ccccc12)c1cccc2ccccc12. The van der Waals surface area contributed by atoms with Gasteiger partial charge in [0.2, 0.25) is 0 Å². The lowest BCUT2D eigenvalue weighted by molar-refractivity contribution is 1.22. The molecule has 0 bridgehead atoms. The molecule has 0 saturated heterocycles. The third-order valence-electron chi connectivity index (χ3n) is 14.5. The van der Waals surface area contributed by atoms with E-state index < -0.39 is 0 Å². The fourth-order valence-corrected chi connectivity index (χ4v) is 10.8. The van der Waals surface area contributed by atoms with E-state index in [9.17, 15) is 10.5 Å². The van der Waals surface area contributed by atoms with Gasteiger partial charge in [-0.25, -0.2) is 0 Å². The number of hydrogen-bond acceptors (Lipinski definition) is 4. The average molecular weight is 983 g/mol. The Kier molecular flexibility index (Phi) is 12.8. The molecular weight excluding hydrogens is 933 g/mol. The first-order chi connectivity index (χ1) is 38.0. The molecule has 0 heterocycles. The van der Waals surface area contributed by atoms with Crippen molar-refractivity contribution in [3.8, 4) is 12.1 Å². The maximum absolute atomic E-state index is 10.7. The molecule has 77 heavy (non-hydrogen) atoms. The zero-order valence-electron chi connectivity index (χ0n) is 42.5. The molecule has 0 radical (unpaired) electrons. The molecule has 4 heteroatoms. The van der Waals surface area contributed by atoms with Crippen LogP contribution in [0.1, 0.15) is 34.7 Å². The van der Waals surface area contributed by atoms with Gasteiger partial charge in [0.25, 0.3) is 0 Å². The van der Waals surface area contributed by atoms with Crippen LogP contribution in [0.15, 0.2) is 273 Å². The van der Waals surface area contributed by atoms with Crippen LogP contribution in [0.5, 0.6) is 0 Å². The van der Waals surface area contributed by atoms with Gasteiger partial charge in [-0.05, 0) is 105 Å². The van der Waals surface area contributed by atoms with Crippen LogP contribution >= 0.6 is 0 Å². The van der Waals surface area contributed by atoms with Crippen molar-refractivity contribution in [3.05, 3.63) is 300 Å². The summed E-state index contributed by atoms with van der Waals surface area (Å²) in [5.41, 5.74) is 11.2. The normalized spacial score (nSPS) is 11.9. The van der Waals surface area contributed by atoms with Crippen LogP contribution in [0.3, 0.4) is 0 Å². The largest absolute Gasteiger partial charge is 0.310 e. The van der Waals surface area contributed by atoms with Crippen molar-refractivity contribution in [1.29, 1.82) is 10.5 Å². The predicted octanol–water partition coefficient (Wildman–Crippen LogP) is 19.9. The number of rotatable bonds is 12. The Labute approximate surface area is 448 Å². The van der Waals surface area contributed by atoms with Crippen molar-refractivity contribution in [3.63, 3.8) is 0 Å². The molecule has 12 aromatic rings. The molecule has 0 aliphatic carbocycles. The number of allylic oxidation sites excluding steroid dienone is 5. The zero-order chi connectivity index (χ0) is 52.2. The van der Waals surface area contributed by atoms with Crippen molar-refractivity contribution in [1.82, 2.24) is 0 Å². The second-order valence-corrected chi connectivity index (χ2v) is 19.1. The first kappa shape index (κ1) is 47.5. The summed E-state index contributed by atoms with van der Waals surface area (Å²) in [5.74, 6) is 0.